The van der Waals surface area contributed by atoms with Gasteiger partial charge in [0.1, 0.15) is 11.4 Å². The second-order valence-electron chi connectivity index (χ2n) is 5.86. The minimum absolute atomic E-state index is 0.141. The number of aryl methyl sites for hydroxylation is 1. The number of aromatic nitrogens is 2. The summed E-state index contributed by atoms with van der Waals surface area (Å²) in [6, 6.07) is 10.3. The van der Waals surface area contributed by atoms with E-state index in [0.29, 0.717) is 28.7 Å². The Balaban J connectivity index is 1.71. The van der Waals surface area contributed by atoms with Crippen LogP contribution in [0.4, 0.5) is 5.69 Å². The number of carbonyl (C=O) groups excluding carboxylic acids is 1. The molecule has 0 fully saturated rings. The number of hydrogen-bond acceptors (Lipinski definition) is 6. The van der Waals surface area contributed by atoms with Crippen LogP contribution in [0.5, 0.6) is 5.75 Å². The summed E-state index contributed by atoms with van der Waals surface area (Å²) in [6.07, 6.45) is 1.54. The SMILES string of the molecule is COC(=O)COc1ccc(NCc2cc(=O)n3cc(Cl)ccc3n2)c(C)c1. The van der Waals surface area contributed by atoms with Gasteiger partial charge in [0, 0.05) is 18.0 Å². The predicted molar refractivity (Wildman–Crippen MR) is 102 cm³/mol. The van der Waals surface area contributed by atoms with Crippen LogP contribution in [0.3, 0.4) is 0 Å². The van der Waals surface area contributed by atoms with Gasteiger partial charge in [-0.25, -0.2) is 9.78 Å². The topological polar surface area (TPSA) is 81.9 Å². The van der Waals surface area contributed by atoms with Crippen LogP contribution in [0.25, 0.3) is 5.65 Å². The lowest BCUT2D eigenvalue weighted by atomic mass is 10.2. The Morgan fingerprint density at radius 2 is 2.07 bits per heavy atom. The summed E-state index contributed by atoms with van der Waals surface area (Å²) >= 11 is 5.91. The van der Waals surface area contributed by atoms with Crippen molar-refractivity contribution in [1.29, 1.82) is 0 Å². The number of rotatable bonds is 6. The van der Waals surface area contributed by atoms with E-state index in [-0.39, 0.29) is 12.2 Å². The van der Waals surface area contributed by atoms with Crippen molar-refractivity contribution >= 4 is 28.9 Å². The van der Waals surface area contributed by atoms with E-state index in [9.17, 15) is 9.59 Å². The number of carbonyl (C=O) groups is 1. The zero-order valence-corrected chi connectivity index (χ0v) is 15.6. The summed E-state index contributed by atoms with van der Waals surface area (Å²) in [7, 11) is 1.31. The van der Waals surface area contributed by atoms with E-state index >= 15 is 0 Å². The molecule has 1 N–H and O–H groups in total. The van der Waals surface area contributed by atoms with Crippen molar-refractivity contribution in [3.8, 4) is 5.75 Å². The molecule has 1 aromatic carbocycles. The van der Waals surface area contributed by atoms with Crippen LogP contribution in [0.15, 0.2) is 47.4 Å². The van der Waals surface area contributed by atoms with Gasteiger partial charge in [-0.15, -0.1) is 0 Å². The highest BCUT2D eigenvalue weighted by Crippen LogP contribution is 2.22. The van der Waals surface area contributed by atoms with Crippen molar-refractivity contribution in [2.45, 2.75) is 13.5 Å². The minimum Gasteiger partial charge on any atom is -0.482 e. The van der Waals surface area contributed by atoms with E-state index < -0.39 is 5.97 Å². The molecule has 0 unspecified atom stereocenters. The molecule has 0 aliphatic carbocycles. The highest BCUT2D eigenvalue weighted by atomic mass is 35.5. The van der Waals surface area contributed by atoms with E-state index in [4.69, 9.17) is 16.3 Å². The quantitative estimate of drug-likeness (QED) is 0.655. The molecule has 0 aliphatic rings. The Morgan fingerprint density at radius 1 is 1.26 bits per heavy atom. The second-order valence-corrected chi connectivity index (χ2v) is 6.29. The molecule has 2 aromatic heterocycles. The lowest BCUT2D eigenvalue weighted by molar-refractivity contribution is -0.142. The van der Waals surface area contributed by atoms with Crippen molar-refractivity contribution in [1.82, 2.24) is 9.38 Å². The van der Waals surface area contributed by atoms with Gasteiger partial charge < -0.3 is 14.8 Å². The lowest BCUT2D eigenvalue weighted by Crippen LogP contribution is -2.17. The molecule has 0 radical (unpaired) electrons. The third-order valence-corrected chi connectivity index (χ3v) is 4.14. The van der Waals surface area contributed by atoms with Crippen LogP contribution in [0, 0.1) is 6.92 Å². The van der Waals surface area contributed by atoms with Crippen LogP contribution >= 0.6 is 11.6 Å². The van der Waals surface area contributed by atoms with Crippen molar-refractivity contribution < 1.29 is 14.3 Å². The number of fused-ring (bicyclic) bond motifs is 1. The highest BCUT2D eigenvalue weighted by molar-refractivity contribution is 6.30. The molecule has 0 saturated heterocycles. The van der Waals surface area contributed by atoms with Crippen LogP contribution in [0.1, 0.15) is 11.3 Å². The Kier molecular flexibility index (Phi) is 5.61. The number of hydrogen-bond donors (Lipinski definition) is 1. The van der Waals surface area contributed by atoms with Crippen molar-refractivity contribution in [3.05, 3.63) is 69.2 Å². The number of nitrogens with zero attached hydrogens (tertiary/aromatic N) is 2. The summed E-state index contributed by atoms with van der Waals surface area (Å²) in [6.45, 7) is 2.16. The average Bonchev–Trinajstić information content (AvgIpc) is 2.66. The van der Waals surface area contributed by atoms with Gasteiger partial charge in [-0.3, -0.25) is 9.20 Å². The zero-order valence-electron chi connectivity index (χ0n) is 14.9. The fraction of sp³-hybridized carbons (Fsp3) is 0.211. The molecular weight excluding hydrogens is 370 g/mol. The number of ether oxygens (including phenoxy) is 2. The number of anilines is 1. The fourth-order valence-corrected chi connectivity index (χ4v) is 2.69. The van der Waals surface area contributed by atoms with Gasteiger partial charge in [-0.05, 0) is 42.8 Å². The first-order chi connectivity index (χ1) is 13.0. The molecule has 3 aromatic rings. The molecule has 8 heteroatoms. The molecule has 0 atom stereocenters. The lowest BCUT2D eigenvalue weighted by Gasteiger charge is -2.12. The van der Waals surface area contributed by atoms with Crippen molar-refractivity contribution in [2.75, 3.05) is 19.0 Å². The van der Waals surface area contributed by atoms with E-state index in [2.05, 4.69) is 15.0 Å². The number of esters is 1. The van der Waals surface area contributed by atoms with Crippen molar-refractivity contribution in [2.24, 2.45) is 0 Å². The third kappa shape index (κ3) is 4.57. The van der Waals surface area contributed by atoms with Crippen LogP contribution in [-0.4, -0.2) is 29.1 Å². The average molecular weight is 388 g/mol. The van der Waals surface area contributed by atoms with Gasteiger partial charge in [0.15, 0.2) is 6.61 Å². The summed E-state index contributed by atoms with van der Waals surface area (Å²) in [5.74, 6) is 0.132. The Morgan fingerprint density at radius 3 is 2.81 bits per heavy atom. The van der Waals surface area contributed by atoms with Gasteiger partial charge in [-0.1, -0.05) is 11.6 Å². The van der Waals surface area contributed by atoms with E-state index in [0.717, 1.165) is 11.3 Å². The maximum Gasteiger partial charge on any atom is 0.343 e. The summed E-state index contributed by atoms with van der Waals surface area (Å²) in [4.78, 5) is 27.8. The second kappa shape index (κ2) is 8.09. The smallest absolute Gasteiger partial charge is 0.343 e. The first-order valence-corrected chi connectivity index (χ1v) is 8.56. The normalized spacial score (nSPS) is 10.6. The monoisotopic (exact) mass is 387 g/mol. The standard InChI is InChI=1S/C19H18ClN3O4/c1-12-7-15(27-11-19(25)26-2)4-5-16(12)21-9-14-8-18(24)23-10-13(20)3-6-17(23)22-14/h3-8,10,21H,9,11H2,1-2H3. The van der Waals surface area contributed by atoms with Gasteiger partial charge in [-0.2, -0.15) is 0 Å². The Labute approximate surface area is 160 Å². The molecule has 0 amide bonds. The first-order valence-electron chi connectivity index (χ1n) is 8.18. The predicted octanol–water partition coefficient (Wildman–Crippen LogP) is 2.82. The van der Waals surface area contributed by atoms with E-state index in [1.807, 2.05) is 19.1 Å². The molecule has 0 saturated carbocycles. The fourth-order valence-electron chi connectivity index (χ4n) is 2.53. The molecule has 27 heavy (non-hydrogen) atoms. The Bertz CT molecular complexity index is 1050. The maximum atomic E-state index is 12.2. The highest BCUT2D eigenvalue weighted by Gasteiger charge is 2.06. The molecule has 0 aliphatic heterocycles. The molecule has 3 rings (SSSR count). The van der Waals surface area contributed by atoms with Crippen molar-refractivity contribution in [3.63, 3.8) is 0 Å². The summed E-state index contributed by atoms with van der Waals surface area (Å²) in [5.41, 5.74) is 2.77. The van der Waals surface area contributed by atoms with Gasteiger partial charge >= 0.3 is 5.97 Å². The number of benzene rings is 1. The number of nitrogens with one attached hydrogen (secondary N) is 1. The molecular formula is C19H18ClN3O4. The van der Waals surface area contributed by atoms with Gasteiger partial charge in [0.2, 0.25) is 0 Å². The molecule has 0 spiro atoms. The first kappa shape index (κ1) is 18.7. The molecule has 0 bridgehead atoms. The molecule has 7 nitrogen and oxygen atoms in total. The molecule has 2 heterocycles. The van der Waals surface area contributed by atoms with Gasteiger partial charge in [0.25, 0.3) is 5.56 Å². The Hall–Kier alpha value is -3.06. The molecule has 140 valence electrons. The van der Waals surface area contributed by atoms with E-state index in [1.54, 1.807) is 24.4 Å². The maximum absolute atomic E-state index is 12.2. The zero-order chi connectivity index (χ0) is 19.4. The minimum atomic E-state index is -0.440. The number of halogens is 1. The van der Waals surface area contributed by atoms with Crippen LogP contribution < -0.4 is 15.6 Å². The summed E-state index contributed by atoms with van der Waals surface area (Å²) < 4.78 is 11.3. The third-order valence-electron chi connectivity index (χ3n) is 3.92. The summed E-state index contributed by atoms with van der Waals surface area (Å²) in [5, 5.41) is 3.73. The number of methoxy groups -OCH3 is 1. The van der Waals surface area contributed by atoms with E-state index in [1.165, 1.54) is 17.6 Å². The van der Waals surface area contributed by atoms with Crippen LogP contribution in [0.2, 0.25) is 5.02 Å². The largest absolute Gasteiger partial charge is 0.482 e. The van der Waals surface area contributed by atoms with Crippen LogP contribution in [-0.2, 0) is 16.1 Å². The van der Waals surface area contributed by atoms with Gasteiger partial charge in [0.05, 0.1) is 24.4 Å². The number of pyridine rings is 1.